The lowest BCUT2D eigenvalue weighted by atomic mass is 9.70. The molecule has 0 N–H and O–H groups in total. The van der Waals surface area contributed by atoms with Crippen LogP contribution in [0.1, 0.15) is 22.3 Å². The second kappa shape index (κ2) is 12.6. The van der Waals surface area contributed by atoms with Gasteiger partial charge >= 0.3 is 0 Å². The molecule has 0 aromatic heterocycles. The third kappa shape index (κ3) is 4.47. The number of hydrogen-bond acceptors (Lipinski definition) is 1. The number of para-hydroxylation sites is 1. The van der Waals surface area contributed by atoms with Gasteiger partial charge < -0.3 is 4.90 Å². The van der Waals surface area contributed by atoms with Crippen LogP contribution < -0.4 is 4.90 Å². The summed E-state index contributed by atoms with van der Waals surface area (Å²) in [7, 11) is 0. The largest absolute Gasteiger partial charge is 0.310 e. The summed E-state index contributed by atoms with van der Waals surface area (Å²) >= 11 is 0. The molecule has 10 aromatic rings. The standard InChI is InChI=1S/C59H37N/c1-2-15-38(16-3-1)43-17-9-13-28-57(43)60(40-31-29-39(30-32-40)42-35-36-52-45-19-5-4-18-44(45)51-24-14-23-50(42)58(51)52)41-33-34-49-48-22-8-12-27-55(48)59(56(49)37-41)53-25-10-6-20-46(53)47-21-7-11-26-54(47)59/h1-37H. The lowest BCUT2D eigenvalue weighted by molar-refractivity contribution is 0.793. The SMILES string of the molecule is c1ccc(-c2ccccc2N(c2ccc(-c3ccc4c5c(cccc35)-c3ccccc3-4)cc2)c2ccc3c(c2)C2(c4ccccc4-c4ccccc42)c2ccccc2-3)cc1. The molecule has 0 radical (unpaired) electrons. The van der Waals surface area contributed by atoms with Gasteiger partial charge in [0.1, 0.15) is 0 Å². The van der Waals surface area contributed by atoms with Crippen molar-refractivity contribution in [2.45, 2.75) is 5.41 Å². The first kappa shape index (κ1) is 33.3. The lowest BCUT2D eigenvalue weighted by Crippen LogP contribution is -2.26. The number of fused-ring (bicyclic) bond motifs is 13. The highest BCUT2D eigenvalue weighted by Gasteiger charge is 2.51. The van der Waals surface area contributed by atoms with E-state index in [0.717, 1.165) is 17.1 Å². The zero-order valence-electron chi connectivity index (χ0n) is 32.8. The summed E-state index contributed by atoms with van der Waals surface area (Å²) in [5.74, 6) is 0. The number of benzene rings is 10. The Morgan fingerprint density at radius 3 is 1.37 bits per heavy atom. The molecule has 0 fully saturated rings. The molecule has 0 heterocycles. The molecule has 3 aliphatic carbocycles. The first-order valence-corrected chi connectivity index (χ1v) is 20.9. The van der Waals surface area contributed by atoms with Crippen molar-refractivity contribution in [3.8, 4) is 66.8 Å². The fourth-order valence-electron chi connectivity index (χ4n) is 11.0. The van der Waals surface area contributed by atoms with Gasteiger partial charge in [0.05, 0.1) is 11.1 Å². The van der Waals surface area contributed by atoms with E-state index in [1.807, 2.05) is 0 Å². The smallest absolute Gasteiger partial charge is 0.0726 e. The highest BCUT2D eigenvalue weighted by molar-refractivity contribution is 6.18. The Morgan fingerprint density at radius 1 is 0.267 bits per heavy atom. The van der Waals surface area contributed by atoms with Crippen LogP contribution in [0.2, 0.25) is 0 Å². The number of nitrogens with zero attached hydrogens (tertiary/aromatic N) is 1. The van der Waals surface area contributed by atoms with Gasteiger partial charge in [-0.25, -0.2) is 0 Å². The molecule has 60 heavy (non-hydrogen) atoms. The zero-order chi connectivity index (χ0) is 39.4. The summed E-state index contributed by atoms with van der Waals surface area (Å²) in [5, 5.41) is 2.64. The predicted molar refractivity (Wildman–Crippen MR) is 250 cm³/mol. The fourth-order valence-corrected chi connectivity index (χ4v) is 11.0. The van der Waals surface area contributed by atoms with Crippen molar-refractivity contribution < 1.29 is 0 Å². The average Bonchev–Trinajstić information content (AvgIpc) is 3.92. The number of anilines is 3. The van der Waals surface area contributed by atoms with Crippen LogP contribution in [0.25, 0.3) is 77.5 Å². The van der Waals surface area contributed by atoms with E-state index in [-0.39, 0.29) is 0 Å². The van der Waals surface area contributed by atoms with E-state index in [9.17, 15) is 0 Å². The Hall–Kier alpha value is -7.74. The topological polar surface area (TPSA) is 3.24 Å². The Bertz CT molecular complexity index is 3280. The van der Waals surface area contributed by atoms with Gasteiger partial charge in [-0.3, -0.25) is 0 Å². The molecule has 0 saturated heterocycles. The van der Waals surface area contributed by atoms with Crippen molar-refractivity contribution in [3.63, 3.8) is 0 Å². The van der Waals surface area contributed by atoms with Gasteiger partial charge in [-0.2, -0.15) is 0 Å². The van der Waals surface area contributed by atoms with Gasteiger partial charge in [0.2, 0.25) is 0 Å². The molecule has 0 aliphatic heterocycles. The summed E-state index contributed by atoms with van der Waals surface area (Å²) in [6.45, 7) is 0. The fraction of sp³-hybridized carbons (Fsp3) is 0.0169. The molecular weight excluding hydrogens is 723 g/mol. The number of hydrogen-bond donors (Lipinski definition) is 0. The lowest BCUT2D eigenvalue weighted by Gasteiger charge is -2.32. The van der Waals surface area contributed by atoms with Crippen molar-refractivity contribution in [2.24, 2.45) is 0 Å². The highest BCUT2D eigenvalue weighted by Crippen LogP contribution is 2.63. The molecule has 0 amide bonds. The molecule has 0 bridgehead atoms. The van der Waals surface area contributed by atoms with E-state index in [2.05, 4.69) is 229 Å². The second-order valence-electron chi connectivity index (χ2n) is 16.3. The van der Waals surface area contributed by atoms with Gasteiger partial charge in [-0.1, -0.05) is 194 Å². The Balaban J connectivity index is 1.02. The summed E-state index contributed by atoms with van der Waals surface area (Å²) in [6, 6.07) is 83.5. The maximum Gasteiger partial charge on any atom is 0.0726 e. The van der Waals surface area contributed by atoms with Crippen molar-refractivity contribution in [3.05, 3.63) is 247 Å². The van der Waals surface area contributed by atoms with E-state index in [4.69, 9.17) is 0 Å². The Morgan fingerprint density at radius 2 is 0.717 bits per heavy atom. The van der Waals surface area contributed by atoms with Crippen LogP contribution in [0, 0.1) is 0 Å². The van der Waals surface area contributed by atoms with Crippen molar-refractivity contribution in [1.29, 1.82) is 0 Å². The quantitative estimate of drug-likeness (QED) is 0.169. The van der Waals surface area contributed by atoms with Gasteiger partial charge in [-0.15, -0.1) is 0 Å². The molecule has 0 atom stereocenters. The van der Waals surface area contributed by atoms with Crippen molar-refractivity contribution >= 4 is 27.8 Å². The molecular formula is C59H37N. The summed E-state index contributed by atoms with van der Waals surface area (Å²) in [6.07, 6.45) is 0. The van der Waals surface area contributed by atoms with E-state index in [1.165, 1.54) is 99.8 Å². The molecule has 10 aromatic carbocycles. The van der Waals surface area contributed by atoms with E-state index < -0.39 is 5.41 Å². The van der Waals surface area contributed by atoms with Gasteiger partial charge in [0.25, 0.3) is 0 Å². The van der Waals surface area contributed by atoms with Crippen LogP contribution in [-0.2, 0) is 5.41 Å². The summed E-state index contributed by atoms with van der Waals surface area (Å²) in [4.78, 5) is 2.47. The molecule has 1 heteroatoms. The van der Waals surface area contributed by atoms with E-state index in [1.54, 1.807) is 0 Å². The first-order chi connectivity index (χ1) is 29.8. The van der Waals surface area contributed by atoms with E-state index in [0.29, 0.717) is 0 Å². The monoisotopic (exact) mass is 759 g/mol. The maximum atomic E-state index is 2.49. The Kier molecular flexibility index (Phi) is 7.00. The summed E-state index contributed by atoms with van der Waals surface area (Å²) < 4.78 is 0. The van der Waals surface area contributed by atoms with Crippen LogP contribution in [0.4, 0.5) is 17.1 Å². The molecule has 1 nitrogen and oxygen atoms in total. The normalized spacial score (nSPS) is 13.1. The molecule has 1 spiro atoms. The third-order valence-corrected chi connectivity index (χ3v) is 13.5. The minimum atomic E-state index is -0.432. The van der Waals surface area contributed by atoms with Crippen LogP contribution in [0.3, 0.4) is 0 Å². The van der Waals surface area contributed by atoms with Gasteiger partial charge in [0.15, 0.2) is 0 Å². The van der Waals surface area contributed by atoms with Crippen LogP contribution in [0.5, 0.6) is 0 Å². The molecule has 13 rings (SSSR count). The van der Waals surface area contributed by atoms with Crippen LogP contribution in [0.15, 0.2) is 224 Å². The third-order valence-electron chi connectivity index (χ3n) is 13.5. The highest BCUT2D eigenvalue weighted by atomic mass is 15.1. The average molecular weight is 760 g/mol. The molecule has 0 saturated carbocycles. The molecule has 3 aliphatic rings. The Labute approximate surface area is 350 Å². The van der Waals surface area contributed by atoms with Crippen LogP contribution >= 0.6 is 0 Å². The minimum Gasteiger partial charge on any atom is -0.310 e. The summed E-state index contributed by atoms with van der Waals surface area (Å²) in [5.41, 5.74) is 23.7. The van der Waals surface area contributed by atoms with Gasteiger partial charge in [0, 0.05) is 16.9 Å². The van der Waals surface area contributed by atoms with E-state index >= 15 is 0 Å². The predicted octanol–water partition coefficient (Wildman–Crippen LogP) is 15.6. The van der Waals surface area contributed by atoms with Crippen molar-refractivity contribution in [2.75, 3.05) is 4.90 Å². The first-order valence-electron chi connectivity index (χ1n) is 20.9. The zero-order valence-corrected chi connectivity index (χ0v) is 32.8. The van der Waals surface area contributed by atoms with Crippen molar-refractivity contribution in [1.82, 2.24) is 0 Å². The number of rotatable bonds is 5. The molecule has 278 valence electrons. The maximum absolute atomic E-state index is 2.49. The van der Waals surface area contributed by atoms with Gasteiger partial charge in [-0.05, 0) is 125 Å². The molecule has 0 unspecified atom stereocenters. The minimum absolute atomic E-state index is 0.432. The second-order valence-corrected chi connectivity index (χ2v) is 16.3. The van der Waals surface area contributed by atoms with Crippen LogP contribution in [-0.4, -0.2) is 0 Å².